The standard InChI is InChI=1S/C11H16N2O2/c1-8-5-6-9(13(3)4)10(7-8)15-11(14)12-2/h5-7H,1-4H3,(H,12,14). The summed E-state index contributed by atoms with van der Waals surface area (Å²) in [4.78, 5) is 13.0. The predicted molar refractivity (Wildman–Crippen MR) is 60.6 cm³/mol. The Morgan fingerprint density at radius 3 is 2.60 bits per heavy atom. The number of ether oxygens (including phenoxy) is 1. The van der Waals surface area contributed by atoms with Crippen LogP contribution in [0, 0.1) is 6.92 Å². The van der Waals surface area contributed by atoms with E-state index >= 15 is 0 Å². The molecule has 0 aromatic heterocycles. The molecule has 1 rings (SSSR count). The number of carbonyl (C=O) groups is 1. The Kier molecular flexibility index (Phi) is 3.55. The van der Waals surface area contributed by atoms with Gasteiger partial charge in [-0.15, -0.1) is 0 Å². The zero-order chi connectivity index (χ0) is 11.4. The van der Waals surface area contributed by atoms with Crippen molar-refractivity contribution < 1.29 is 9.53 Å². The van der Waals surface area contributed by atoms with Crippen molar-refractivity contribution in [1.29, 1.82) is 0 Å². The molecule has 1 amide bonds. The van der Waals surface area contributed by atoms with Crippen LogP contribution >= 0.6 is 0 Å². The molecule has 0 fully saturated rings. The fraction of sp³-hybridized carbons (Fsp3) is 0.364. The van der Waals surface area contributed by atoms with E-state index in [9.17, 15) is 4.79 Å². The van der Waals surface area contributed by atoms with Gasteiger partial charge in [0.15, 0.2) is 5.75 Å². The highest BCUT2D eigenvalue weighted by atomic mass is 16.6. The lowest BCUT2D eigenvalue weighted by molar-refractivity contribution is 0.203. The van der Waals surface area contributed by atoms with E-state index in [0.29, 0.717) is 5.75 Å². The van der Waals surface area contributed by atoms with E-state index in [1.807, 2.05) is 44.1 Å². The number of anilines is 1. The molecule has 0 aliphatic carbocycles. The van der Waals surface area contributed by atoms with Crippen molar-refractivity contribution in [3.05, 3.63) is 23.8 Å². The Hall–Kier alpha value is -1.71. The lowest BCUT2D eigenvalue weighted by atomic mass is 10.2. The minimum Gasteiger partial charge on any atom is -0.408 e. The summed E-state index contributed by atoms with van der Waals surface area (Å²) in [5.74, 6) is 0.569. The molecule has 4 heteroatoms. The maximum atomic E-state index is 11.1. The molecule has 1 aromatic rings. The van der Waals surface area contributed by atoms with Gasteiger partial charge in [0, 0.05) is 21.1 Å². The molecule has 1 N–H and O–H groups in total. The van der Waals surface area contributed by atoms with Crippen molar-refractivity contribution in [3.63, 3.8) is 0 Å². The zero-order valence-electron chi connectivity index (χ0n) is 9.50. The largest absolute Gasteiger partial charge is 0.412 e. The monoisotopic (exact) mass is 208 g/mol. The molecule has 0 saturated carbocycles. The Labute approximate surface area is 89.8 Å². The quantitative estimate of drug-likeness (QED) is 0.805. The molecule has 0 aliphatic heterocycles. The van der Waals surface area contributed by atoms with Crippen molar-refractivity contribution >= 4 is 11.8 Å². The second kappa shape index (κ2) is 4.68. The highest BCUT2D eigenvalue weighted by molar-refractivity contribution is 5.73. The van der Waals surface area contributed by atoms with Gasteiger partial charge in [-0.2, -0.15) is 0 Å². The number of nitrogens with zero attached hydrogens (tertiary/aromatic N) is 1. The molecule has 15 heavy (non-hydrogen) atoms. The summed E-state index contributed by atoms with van der Waals surface area (Å²) in [6.45, 7) is 1.95. The molecule has 0 radical (unpaired) electrons. The predicted octanol–water partition coefficient (Wildman–Crippen LogP) is 1.78. The van der Waals surface area contributed by atoms with Gasteiger partial charge in [-0.3, -0.25) is 0 Å². The number of amides is 1. The van der Waals surface area contributed by atoms with Crippen LogP contribution in [0.15, 0.2) is 18.2 Å². The summed E-state index contributed by atoms with van der Waals surface area (Å²) < 4.78 is 5.15. The van der Waals surface area contributed by atoms with Crippen molar-refractivity contribution in [2.75, 3.05) is 26.0 Å². The van der Waals surface area contributed by atoms with Crippen LogP contribution in [-0.2, 0) is 0 Å². The van der Waals surface area contributed by atoms with E-state index in [-0.39, 0.29) is 0 Å². The van der Waals surface area contributed by atoms with Gasteiger partial charge in [-0.05, 0) is 24.6 Å². The van der Waals surface area contributed by atoms with Gasteiger partial charge < -0.3 is 15.0 Å². The van der Waals surface area contributed by atoms with Crippen LogP contribution in [0.2, 0.25) is 0 Å². The summed E-state index contributed by atoms with van der Waals surface area (Å²) in [6, 6.07) is 5.74. The first-order valence-corrected chi connectivity index (χ1v) is 4.72. The summed E-state index contributed by atoms with van der Waals surface area (Å²) in [5, 5.41) is 2.42. The van der Waals surface area contributed by atoms with Crippen molar-refractivity contribution in [1.82, 2.24) is 5.32 Å². The average Bonchev–Trinajstić information content (AvgIpc) is 2.17. The van der Waals surface area contributed by atoms with E-state index in [4.69, 9.17) is 4.74 Å². The lowest BCUT2D eigenvalue weighted by Crippen LogP contribution is -2.23. The topological polar surface area (TPSA) is 41.6 Å². The second-order valence-electron chi connectivity index (χ2n) is 3.51. The van der Waals surface area contributed by atoms with Crippen molar-refractivity contribution in [2.45, 2.75) is 6.92 Å². The van der Waals surface area contributed by atoms with Crippen LogP contribution < -0.4 is 15.0 Å². The number of aryl methyl sites for hydroxylation is 1. The van der Waals surface area contributed by atoms with Gasteiger partial charge in [0.25, 0.3) is 0 Å². The Bertz CT molecular complexity index is 362. The van der Waals surface area contributed by atoms with Crippen LogP contribution in [0.3, 0.4) is 0 Å². The second-order valence-corrected chi connectivity index (χ2v) is 3.51. The maximum Gasteiger partial charge on any atom is 0.412 e. The summed E-state index contributed by atoms with van der Waals surface area (Å²) in [5.41, 5.74) is 1.93. The average molecular weight is 208 g/mol. The van der Waals surface area contributed by atoms with E-state index < -0.39 is 6.09 Å². The fourth-order valence-electron chi connectivity index (χ4n) is 1.22. The van der Waals surface area contributed by atoms with E-state index in [0.717, 1.165) is 11.3 Å². The molecule has 0 spiro atoms. The summed E-state index contributed by atoms with van der Waals surface area (Å²) in [6.07, 6.45) is -0.455. The number of carbonyl (C=O) groups excluding carboxylic acids is 1. The third-order valence-electron chi connectivity index (χ3n) is 2.00. The van der Waals surface area contributed by atoms with Crippen molar-refractivity contribution in [3.8, 4) is 5.75 Å². The highest BCUT2D eigenvalue weighted by Gasteiger charge is 2.09. The third-order valence-corrected chi connectivity index (χ3v) is 2.00. The third kappa shape index (κ3) is 2.87. The molecule has 1 aromatic carbocycles. The van der Waals surface area contributed by atoms with Gasteiger partial charge in [0.2, 0.25) is 0 Å². The minimum absolute atomic E-state index is 0.455. The Morgan fingerprint density at radius 2 is 2.07 bits per heavy atom. The van der Waals surface area contributed by atoms with Gasteiger partial charge in [0.1, 0.15) is 0 Å². The molecular formula is C11H16N2O2. The molecule has 0 saturated heterocycles. The lowest BCUT2D eigenvalue weighted by Gasteiger charge is -2.17. The van der Waals surface area contributed by atoms with E-state index in [1.54, 1.807) is 0 Å². The van der Waals surface area contributed by atoms with Crippen molar-refractivity contribution in [2.24, 2.45) is 0 Å². The number of rotatable bonds is 2. The molecule has 0 atom stereocenters. The molecule has 0 bridgehead atoms. The van der Waals surface area contributed by atoms with Crippen LogP contribution in [-0.4, -0.2) is 27.2 Å². The first kappa shape index (κ1) is 11.4. The van der Waals surface area contributed by atoms with Crippen LogP contribution in [0.4, 0.5) is 10.5 Å². The number of hydrogen-bond donors (Lipinski definition) is 1. The summed E-state index contributed by atoms with van der Waals surface area (Å²) in [7, 11) is 5.34. The highest BCUT2D eigenvalue weighted by Crippen LogP contribution is 2.27. The van der Waals surface area contributed by atoms with Crippen LogP contribution in [0.1, 0.15) is 5.56 Å². The van der Waals surface area contributed by atoms with E-state index in [1.165, 1.54) is 7.05 Å². The maximum absolute atomic E-state index is 11.1. The first-order chi connectivity index (χ1) is 7.04. The van der Waals surface area contributed by atoms with Gasteiger partial charge in [-0.1, -0.05) is 6.07 Å². The molecule has 0 heterocycles. The Morgan fingerprint density at radius 1 is 1.40 bits per heavy atom. The number of benzene rings is 1. The molecule has 4 nitrogen and oxygen atoms in total. The van der Waals surface area contributed by atoms with Gasteiger partial charge in [-0.25, -0.2) is 4.79 Å². The summed E-state index contributed by atoms with van der Waals surface area (Å²) >= 11 is 0. The molecule has 0 unspecified atom stereocenters. The van der Waals surface area contributed by atoms with Crippen LogP contribution in [0.25, 0.3) is 0 Å². The van der Waals surface area contributed by atoms with Gasteiger partial charge in [0.05, 0.1) is 5.69 Å². The minimum atomic E-state index is -0.455. The Balaban J connectivity index is 3.02. The number of hydrogen-bond acceptors (Lipinski definition) is 3. The van der Waals surface area contributed by atoms with E-state index in [2.05, 4.69) is 5.32 Å². The van der Waals surface area contributed by atoms with Crippen LogP contribution in [0.5, 0.6) is 5.75 Å². The molecular weight excluding hydrogens is 192 g/mol. The smallest absolute Gasteiger partial charge is 0.408 e. The number of nitrogens with one attached hydrogen (secondary N) is 1. The molecule has 82 valence electrons. The molecule has 0 aliphatic rings. The first-order valence-electron chi connectivity index (χ1n) is 4.72. The fourth-order valence-corrected chi connectivity index (χ4v) is 1.22. The normalized spacial score (nSPS) is 9.60. The SMILES string of the molecule is CNC(=O)Oc1cc(C)ccc1N(C)C. The van der Waals surface area contributed by atoms with Gasteiger partial charge >= 0.3 is 6.09 Å². The zero-order valence-corrected chi connectivity index (χ0v) is 9.50.